The van der Waals surface area contributed by atoms with E-state index in [2.05, 4.69) is 23.9 Å². The van der Waals surface area contributed by atoms with E-state index in [1.165, 1.54) is 0 Å². The molecule has 0 heterocycles. The van der Waals surface area contributed by atoms with Crippen LogP contribution in [0.4, 0.5) is 4.79 Å². The lowest BCUT2D eigenvalue weighted by molar-refractivity contribution is 0.186. The second-order valence-electron chi connectivity index (χ2n) is 2.10. The average molecular weight is 184 g/mol. The maximum atomic E-state index is 10.2. The van der Waals surface area contributed by atoms with E-state index >= 15 is 0 Å². The van der Waals surface area contributed by atoms with E-state index in [1.807, 2.05) is 25.2 Å². The highest BCUT2D eigenvalue weighted by Gasteiger charge is 1.93. The van der Waals surface area contributed by atoms with E-state index in [4.69, 9.17) is 0 Å². The number of allylic oxidation sites excluding steroid dienone is 3. The highest BCUT2D eigenvalue weighted by Crippen LogP contribution is 1.96. The predicted octanol–water partition coefficient (Wildman–Crippen LogP) is 2.74. The molecule has 0 aromatic carbocycles. The normalized spacial score (nSPS) is 10.8. The first-order valence-corrected chi connectivity index (χ1v) is 3.94. The molecule has 0 amide bonds. The van der Waals surface area contributed by atoms with E-state index in [1.54, 1.807) is 6.08 Å². The van der Waals surface area contributed by atoms with E-state index in [-0.39, 0.29) is 6.61 Å². The Labute approximate surface area is 78.0 Å². The molecule has 0 spiro atoms. The molecule has 0 aliphatic rings. The van der Waals surface area contributed by atoms with Crippen molar-refractivity contribution < 1.29 is 9.53 Å². The summed E-state index contributed by atoms with van der Waals surface area (Å²) in [5, 5.41) is -0.587. The Balaban J connectivity index is 3.67. The van der Waals surface area contributed by atoms with E-state index < -0.39 is 5.30 Å². The van der Waals surface area contributed by atoms with Gasteiger partial charge in [-0.15, -0.1) is 0 Å². The van der Waals surface area contributed by atoms with Gasteiger partial charge in [0.05, 0.1) is 0 Å². The lowest BCUT2D eigenvalue weighted by Crippen LogP contribution is -1.96. The van der Waals surface area contributed by atoms with Crippen molar-refractivity contribution in [2.45, 2.75) is 6.92 Å². The van der Waals surface area contributed by atoms with Gasteiger partial charge in [0.15, 0.2) is 0 Å². The van der Waals surface area contributed by atoms with E-state index in [0.29, 0.717) is 0 Å². The average Bonchev–Trinajstić information content (AvgIpc) is 2.01. The first-order valence-electron chi connectivity index (χ1n) is 3.49. The molecule has 0 bridgehead atoms. The number of rotatable bonds is 4. The van der Waals surface area contributed by atoms with Gasteiger partial charge in [-0.3, -0.25) is 0 Å². The van der Waals surface area contributed by atoms with Crippen molar-refractivity contribution in [2.75, 3.05) is 6.61 Å². The number of carbonyl (C=O) groups is 1. The zero-order valence-electron chi connectivity index (χ0n) is 6.99. The minimum absolute atomic E-state index is 0.191. The van der Waals surface area contributed by atoms with Crippen LogP contribution in [0.1, 0.15) is 6.92 Å². The van der Waals surface area contributed by atoms with Crippen LogP contribution < -0.4 is 0 Å². The number of thiol groups is 1. The van der Waals surface area contributed by atoms with Crippen LogP contribution in [0.25, 0.3) is 0 Å². The van der Waals surface area contributed by atoms with Gasteiger partial charge < -0.3 is 4.74 Å². The van der Waals surface area contributed by atoms with Crippen molar-refractivity contribution in [3.05, 3.63) is 36.5 Å². The lowest BCUT2D eigenvalue weighted by Gasteiger charge is -1.98. The summed E-state index contributed by atoms with van der Waals surface area (Å²) < 4.78 is 4.58. The maximum absolute atomic E-state index is 10.2. The molecule has 0 rings (SSSR count). The second kappa shape index (κ2) is 6.73. The van der Waals surface area contributed by atoms with E-state index in [0.717, 1.165) is 5.57 Å². The molecule has 12 heavy (non-hydrogen) atoms. The zero-order valence-corrected chi connectivity index (χ0v) is 7.88. The van der Waals surface area contributed by atoms with Crippen LogP contribution in [0.2, 0.25) is 0 Å². The zero-order chi connectivity index (χ0) is 9.40. The minimum atomic E-state index is -0.587. The molecular weight excluding hydrogens is 172 g/mol. The Kier molecular flexibility index (Phi) is 6.19. The smallest absolute Gasteiger partial charge is 0.364 e. The third kappa shape index (κ3) is 7.15. The van der Waals surface area contributed by atoms with Crippen molar-refractivity contribution in [1.82, 2.24) is 0 Å². The van der Waals surface area contributed by atoms with Crippen LogP contribution in [-0.2, 0) is 4.74 Å². The Bertz CT molecular complexity index is 217. The molecule has 0 atom stereocenters. The number of hydrogen-bond acceptors (Lipinski definition) is 2. The van der Waals surface area contributed by atoms with Gasteiger partial charge in [-0.2, -0.15) is 0 Å². The maximum Gasteiger partial charge on any atom is 0.364 e. The lowest BCUT2D eigenvalue weighted by atomic mass is 10.3. The molecule has 0 radical (unpaired) electrons. The molecule has 0 aliphatic carbocycles. The van der Waals surface area contributed by atoms with Crippen LogP contribution in [0.3, 0.4) is 0 Å². The molecular formula is C9H12O2S. The number of ether oxygens (including phenoxy) is 1. The Morgan fingerprint density at radius 3 is 2.75 bits per heavy atom. The van der Waals surface area contributed by atoms with Crippen molar-refractivity contribution in [3.8, 4) is 0 Å². The third-order valence-corrected chi connectivity index (χ3v) is 1.15. The Hall–Kier alpha value is -0.960. The van der Waals surface area contributed by atoms with Gasteiger partial charge in [0.1, 0.15) is 6.61 Å². The van der Waals surface area contributed by atoms with Crippen LogP contribution in [0.15, 0.2) is 36.5 Å². The van der Waals surface area contributed by atoms with Crippen molar-refractivity contribution in [2.24, 2.45) is 0 Å². The SMILES string of the molecule is C=C(/C=C\C=C/C)COC(=O)S. The van der Waals surface area contributed by atoms with Crippen LogP contribution in [0.5, 0.6) is 0 Å². The summed E-state index contributed by atoms with van der Waals surface area (Å²) in [6.07, 6.45) is 7.37. The van der Waals surface area contributed by atoms with Gasteiger partial charge in [0.25, 0.3) is 0 Å². The molecule has 0 fully saturated rings. The first-order chi connectivity index (χ1) is 5.66. The standard InChI is InChI=1S/C9H12O2S/c1-3-4-5-6-8(2)7-11-9(10)12/h3-6H,2,7H2,1H3,(H,10,12)/b4-3-,6-5-. The summed E-state index contributed by atoms with van der Waals surface area (Å²) in [5.41, 5.74) is 0.732. The summed E-state index contributed by atoms with van der Waals surface area (Å²) in [6, 6.07) is 0. The highest BCUT2D eigenvalue weighted by atomic mass is 32.1. The van der Waals surface area contributed by atoms with Gasteiger partial charge in [0.2, 0.25) is 0 Å². The fourth-order valence-electron chi connectivity index (χ4n) is 0.505. The summed E-state index contributed by atoms with van der Waals surface area (Å²) in [6.45, 7) is 5.77. The quantitative estimate of drug-likeness (QED) is 0.413. The minimum Gasteiger partial charge on any atom is -0.453 e. The summed E-state index contributed by atoms with van der Waals surface area (Å²) in [4.78, 5) is 10.2. The number of hydrogen-bond donors (Lipinski definition) is 1. The number of carbonyl (C=O) groups excluding carboxylic acids is 1. The summed E-state index contributed by atoms with van der Waals surface area (Å²) >= 11 is 3.44. The molecule has 66 valence electrons. The van der Waals surface area contributed by atoms with Crippen molar-refractivity contribution in [3.63, 3.8) is 0 Å². The van der Waals surface area contributed by atoms with Gasteiger partial charge >= 0.3 is 5.30 Å². The molecule has 0 unspecified atom stereocenters. The molecule has 3 heteroatoms. The van der Waals surface area contributed by atoms with Crippen molar-refractivity contribution >= 4 is 17.9 Å². The fourth-order valence-corrected chi connectivity index (χ4v) is 0.570. The van der Waals surface area contributed by atoms with E-state index in [9.17, 15) is 4.79 Å². The molecule has 0 aromatic heterocycles. The summed E-state index contributed by atoms with van der Waals surface area (Å²) in [5.74, 6) is 0. The van der Waals surface area contributed by atoms with Crippen LogP contribution >= 0.6 is 12.6 Å². The van der Waals surface area contributed by atoms with Crippen LogP contribution in [0, 0.1) is 0 Å². The summed E-state index contributed by atoms with van der Waals surface area (Å²) in [7, 11) is 0. The Morgan fingerprint density at radius 1 is 1.58 bits per heavy atom. The Morgan fingerprint density at radius 2 is 2.25 bits per heavy atom. The molecule has 0 saturated carbocycles. The van der Waals surface area contributed by atoms with Crippen LogP contribution in [-0.4, -0.2) is 11.9 Å². The molecule has 0 aliphatic heterocycles. The molecule has 0 aromatic rings. The fraction of sp³-hybridized carbons (Fsp3) is 0.222. The topological polar surface area (TPSA) is 26.3 Å². The third-order valence-electron chi connectivity index (χ3n) is 1.02. The monoisotopic (exact) mass is 184 g/mol. The largest absolute Gasteiger partial charge is 0.453 e. The highest BCUT2D eigenvalue weighted by molar-refractivity contribution is 7.96. The van der Waals surface area contributed by atoms with Gasteiger partial charge in [0, 0.05) is 0 Å². The second-order valence-corrected chi connectivity index (χ2v) is 2.46. The van der Waals surface area contributed by atoms with Gasteiger partial charge in [-0.25, -0.2) is 4.79 Å². The molecule has 2 nitrogen and oxygen atoms in total. The van der Waals surface area contributed by atoms with Crippen molar-refractivity contribution in [1.29, 1.82) is 0 Å². The molecule has 0 N–H and O–H groups in total. The predicted molar refractivity (Wildman–Crippen MR) is 53.4 cm³/mol. The van der Waals surface area contributed by atoms with Gasteiger partial charge in [-0.05, 0) is 12.5 Å². The van der Waals surface area contributed by atoms with Gasteiger partial charge in [-0.1, -0.05) is 43.5 Å². The molecule has 0 saturated heterocycles. The first kappa shape index (κ1) is 11.0.